The zero-order chi connectivity index (χ0) is 12.5. The van der Waals surface area contributed by atoms with Crippen LogP contribution >= 0.6 is 0 Å². The lowest BCUT2D eigenvalue weighted by atomic mass is 10.1. The Bertz CT molecular complexity index is 452. The summed E-state index contributed by atoms with van der Waals surface area (Å²) in [5.74, 6) is -12.6. The molecule has 0 radical (unpaired) electrons. The Kier molecular flexibility index (Phi) is 3.26. The summed E-state index contributed by atoms with van der Waals surface area (Å²) in [7, 11) is 0. The number of hydrogen-bond donors (Lipinski definition) is 0. The highest BCUT2D eigenvalue weighted by Crippen LogP contribution is 2.23. The van der Waals surface area contributed by atoms with Gasteiger partial charge in [0, 0.05) is 0 Å². The quantitative estimate of drug-likeness (QED) is 0.335. The molecule has 0 aliphatic carbocycles. The number of hydrogen-bond acceptors (Lipinski definition) is 2. The van der Waals surface area contributed by atoms with E-state index in [0.717, 1.165) is 0 Å². The van der Waals surface area contributed by atoms with Crippen molar-refractivity contribution < 1.29 is 31.9 Å². The van der Waals surface area contributed by atoms with Crippen LogP contribution in [0.3, 0.4) is 0 Å². The topological polar surface area (TPSA) is 40.1 Å². The van der Waals surface area contributed by atoms with Gasteiger partial charge in [-0.25, -0.2) is 22.0 Å². The van der Waals surface area contributed by atoms with E-state index < -0.39 is 40.6 Å². The molecule has 0 aromatic heterocycles. The number of carboxylic acids is 1. The van der Waals surface area contributed by atoms with Gasteiger partial charge in [0.2, 0.25) is 5.82 Å². The van der Waals surface area contributed by atoms with Crippen LogP contribution in [0.4, 0.5) is 22.0 Å². The molecule has 1 aromatic carbocycles. The maximum atomic E-state index is 12.9. The smallest absolute Gasteiger partial charge is 0.200 e. The average Bonchev–Trinajstić information content (AvgIpc) is 2.23. The minimum Gasteiger partial charge on any atom is -0.545 e. The van der Waals surface area contributed by atoms with Crippen LogP contribution in [0.15, 0.2) is 6.08 Å². The highest BCUT2D eigenvalue weighted by Gasteiger charge is 2.23. The maximum Gasteiger partial charge on any atom is 0.200 e. The van der Waals surface area contributed by atoms with E-state index in [2.05, 4.69) is 0 Å². The van der Waals surface area contributed by atoms with Crippen molar-refractivity contribution in [2.75, 3.05) is 0 Å². The molecular weight excluding hydrogens is 235 g/mol. The number of aliphatic carboxylic acids is 1. The Hall–Kier alpha value is -1.92. The summed E-state index contributed by atoms with van der Waals surface area (Å²) in [6.07, 6.45) is 0.379. The lowest BCUT2D eigenvalue weighted by molar-refractivity contribution is -0.297. The van der Waals surface area contributed by atoms with Crippen molar-refractivity contribution in [3.63, 3.8) is 0 Å². The van der Waals surface area contributed by atoms with E-state index in [-0.39, 0.29) is 12.2 Å². The van der Waals surface area contributed by atoms with Crippen LogP contribution in [-0.4, -0.2) is 5.97 Å². The lowest BCUT2D eigenvalue weighted by Crippen LogP contribution is -2.18. The van der Waals surface area contributed by atoms with Crippen molar-refractivity contribution in [1.82, 2.24) is 0 Å². The van der Waals surface area contributed by atoms with Crippen molar-refractivity contribution in [2.45, 2.75) is 0 Å². The fourth-order valence-corrected chi connectivity index (χ4v) is 0.920. The van der Waals surface area contributed by atoms with Gasteiger partial charge in [0.25, 0.3) is 0 Å². The van der Waals surface area contributed by atoms with Gasteiger partial charge >= 0.3 is 0 Å². The summed E-state index contributed by atoms with van der Waals surface area (Å²) in [4.78, 5) is 9.93. The number of benzene rings is 1. The Labute approximate surface area is 85.6 Å². The molecule has 0 aliphatic rings. The number of halogens is 5. The van der Waals surface area contributed by atoms with E-state index in [1.807, 2.05) is 0 Å². The van der Waals surface area contributed by atoms with Crippen molar-refractivity contribution in [3.05, 3.63) is 40.7 Å². The van der Waals surface area contributed by atoms with Gasteiger partial charge in [0.1, 0.15) is 0 Å². The molecule has 1 rings (SSSR count). The molecule has 2 nitrogen and oxygen atoms in total. The molecule has 86 valence electrons. The van der Waals surface area contributed by atoms with E-state index in [4.69, 9.17) is 0 Å². The zero-order valence-corrected chi connectivity index (χ0v) is 7.36. The van der Waals surface area contributed by atoms with Crippen molar-refractivity contribution in [1.29, 1.82) is 0 Å². The Morgan fingerprint density at radius 1 is 0.875 bits per heavy atom. The maximum absolute atomic E-state index is 12.9. The molecule has 16 heavy (non-hydrogen) atoms. The molecule has 0 heterocycles. The summed E-state index contributed by atoms with van der Waals surface area (Å²) in [5, 5.41) is 9.93. The van der Waals surface area contributed by atoms with Gasteiger partial charge in [-0.1, -0.05) is 0 Å². The van der Waals surface area contributed by atoms with E-state index in [0.29, 0.717) is 0 Å². The van der Waals surface area contributed by atoms with Gasteiger partial charge in [-0.05, 0) is 12.2 Å². The van der Waals surface area contributed by atoms with Crippen LogP contribution in [0.25, 0.3) is 6.08 Å². The third-order valence-electron chi connectivity index (χ3n) is 1.63. The number of carboxylic acid groups (broad SMARTS) is 1. The normalized spacial score (nSPS) is 11.1. The number of carbonyl (C=O) groups excluding carboxylic acids is 1. The molecule has 0 aliphatic heterocycles. The molecule has 0 bridgehead atoms. The molecule has 7 heteroatoms. The summed E-state index contributed by atoms with van der Waals surface area (Å²) in [5.41, 5.74) is -1.33. The van der Waals surface area contributed by atoms with Crippen LogP contribution in [0.1, 0.15) is 5.56 Å². The van der Waals surface area contributed by atoms with Gasteiger partial charge in [0.05, 0.1) is 11.5 Å². The molecular formula is C9H2F5O2-. The third kappa shape index (κ3) is 2.02. The zero-order valence-electron chi connectivity index (χ0n) is 7.36. The second-order valence-electron chi connectivity index (χ2n) is 2.64. The molecule has 0 saturated carbocycles. The summed E-state index contributed by atoms with van der Waals surface area (Å²) in [6.45, 7) is 0. The molecule has 0 unspecified atom stereocenters. The second-order valence-corrected chi connectivity index (χ2v) is 2.64. The molecule has 0 atom stereocenters. The van der Waals surface area contributed by atoms with Crippen LogP contribution in [0.2, 0.25) is 0 Å². The van der Waals surface area contributed by atoms with E-state index in [1.54, 1.807) is 0 Å². The monoisotopic (exact) mass is 237 g/mol. The number of carbonyl (C=O) groups is 1. The molecule has 0 N–H and O–H groups in total. The summed E-state index contributed by atoms with van der Waals surface area (Å²) >= 11 is 0. The highest BCUT2D eigenvalue weighted by molar-refractivity contribution is 5.83. The summed E-state index contributed by atoms with van der Waals surface area (Å²) < 4.78 is 63.4. The molecule has 0 amide bonds. The standard InChI is InChI=1S/C9H3F5O2/c10-5-3(1-2-4(15)16)6(11)8(13)9(14)7(5)12/h1-2H,(H,15,16)/p-1/b2-1+. The first-order valence-electron chi connectivity index (χ1n) is 3.76. The third-order valence-corrected chi connectivity index (χ3v) is 1.63. The largest absolute Gasteiger partial charge is 0.545 e. The average molecular weight is 237 g/mol. The molecule has 0 spiro atoms. The predicted octanol–water partition coefficient (Wildman–Crippen LogP) is 1.15. The first-order valence-corrected chi connectivity index (χ1v) is 3.76. The van der Waals surface area contributed by atoms with Gasteiger partial charge in [-0.3, -0.25) is 0 Å². The fraction of sp³-hybridized carbons (Fsp3) is 0. The number of rotatable bonds is 2. The van der Waals surface area contributed by atoms with Gasteiger partial charge in [0.15, 0.2) is 23.3 Å². The lowest BCUT2D eigenvalue weighted by Gasteiger charge is -2.04. The summed E-state index contributed by atoms with van der Waals surface area (Å²) in [6, 6.07) is 0. The SMILES string of the molecule is O=C([O-])/C=C/c1c(F)c(F)c(F)c(F)c1F. The minimum atomic E-state index is -2.30. The Morgan fingerprint density at radius 2 is 1.25 bits per heavy atom. The molecule has 1 aromatic rings. The van der Waals surface area contributed by atoms with Crippen molar-refractivity contribution in [2.24, 2.45) is 0 Å². The minimum absolute atomic E-state index is 0.151. The van der Waals surface area contributed by atoms with E-state index in [1.165, 1.54) is 0 Å². The highest BCUT2D eigenvalue weighted by atomic mass is 19.2. The van der Waals surface area contributed by atoms with E-state index in [9.17, 15) is 31.9 Å². The Morgan fingerprint density at radius 3 is 1.62 bits per heavy atom. The van der Waals surface area contributed by atoms with Gasteiger partial charge < -0.3 is 9.90 Å². The van der Waals surface area contributed by atoms with Crippen molar-refractivity contribution in [3.8, 4) is 0 Å². The van der Waals surface area contributed by atoms with Gasteiger partial charge in [-0.15, -0.1) is 0 Å². The Balaban J connectivity index is 3.45. The first kappa shape index (κ1) is 12.2. The molecule has 0 saturated heterocycles. The fourth-order valence-electron chi connectivity index (χ4n) is 0.920. The predicted molar refractivity (Wildman–Crippen MR) is 40.3 cm³/mol. The van der Waals surface area contributed by atoms with Crippen LogP contribution < -0.4 is 5.11 Å². The first-order chi connectivity index (χ1) is 7.36. The second kappa shape index (κ2) is 4.30. The van der Waals surface area contributed by atoms with Gasteiger partial charge in [-0.2, -0.15) is 0 Å². The van der Waals surface area contributed by atoms with Crippen LogP contribution in [0.5, 0.6) is 0 Å². The van der Waals surface area contributed by atoms with Crippen LogP contribution in [0, 0.1) is 29.1 Å². The van der Waals surface area contributed by atoms with Crippen LogP contribution in [-0.2, 0) is 4.79 Å². The van der Waals surface area contributed by atoms with Crippen molar-refractivity contribution >= 4 is 12.0 Å². The molecule has 0 fully saturated rings. The van der Waals surface area contributed by atoms with E-state index >= 15 is 0 Å².